The Morgan fingerprint density at radius 2 is 1.64 bits per heavy atom. The number of nitrogens with zero attached hydrogens (tertiary/aromatic N) is 5. The molecule has 1 saturated heterocycles. The Morgan fingerprint density at radius 1 is 0.970 bits per heavy atom. The number of carbonyl (C=O) groups is 2. The number of amides is 2. The van der Waals surface area contributed by atoms with Gasteiger partial charge in [-0.25, -0.2) is 9.97 Å². The fraction of sp³-hybridized carbons (Fsp3) is 0.440. The Balaban J connectivity index is 1.63. The van der Waals surface area contributed by atoms with Crippen LogP contribution < -0.4 is 4.90 Å². The van der Waals surface area contributed by atoms with E-state index in [4.69, 9.17) is 4.74 Å². The van der Waals surface area contributed by atoms with Gasteiger partial charge in [-0.15, -0.1) is 0 Å². The van der Waals surface area contributed by atoms with Gasteiger partial charge in [0.05, 0.1) is 24.8 Å². The SMILES string of the molecule is Cc1ccc(C2=C(N3CCN(c4ncccn4)CC3)C(=O)N(CCOC(C)C)C2=O)c(C)c1. The van der Waals surface area contributed by atoms with E-state index in [0.29, 0.717) is 50.0 Å². The van der Waals surface area contributed by atoms with E-state index in [9.17, 15) is 9.59 Å². The molecule has 1 aromatic heterocycles. The van der Waals surface area contributed by atoms with Crippen molar-refractivity contribution in [3.8, 4) is 0 Å². The number of hydrogen-bond donors (Lipinski definition) is 0. The summed E-state index contributed by atoms with van der Waals surface area (Å²) in [7, 11) is 0. The van der Waals surface area contributed by atoms with Gasteiger partial charge in [0.2, 0.25) is 5.95 Å². The molecule has 8 nitrogen and oxygen atoms in total. The molecule has 4 rings (SSSR count). The third kappa shape index (κ3) is 4.75. The molecule has 0 atom stereocenters. The number of benzene rings is 1. The van der Waals surface area contributed by atoms with E-state index in [1.54, 1.807) is 18.5 Å². The second-order valence-electron chi connectivity index (χ2n) is 8.75. The van der Waals surface area contributed by atoms with Gasteiger partial charge >= 0.3 is 0 Å². The second-order valence-corrected chi connectivity index (χ2v) is 8.75. The topological polar surface area (TPSA) is 78.9 Å². The number of ether oxygens (including phenoxy) is 1. The highest BCUT2D eigenvalue weighted by molar-refractivity contribution is 6.35. The third-order valence-corrected chi connectivity index (χ3v) is 5.99. The summed E-state index contributed by atoms with van der Waals surface area (Å²) in [5, 5.41) is 0. The minimum atomic E-state index is -0.247. The third-order valence-electron chi connectivity index (χ3n) is 5.99. The van der Waals surface area contributed by atoms with Crippen molar-refractivity contribution >= 4 is 23.3 Å². The molecule has 0 spiro atoms. The standard InChI is InChI=1S/C25H31N5O3/c1-17(2)33-15-14-30-23(31)21(20-7-6-18(3)16-19(20)4)22(24(30)32)28-10-12-29(13-11-28)25-26-8-5-9-27-25/h5-9,16-17H,10-15H2,1-4H3. The van der Waals surface area contributed by atoms with Gasteiger partial charge in [-0.2, -0.15) is 0 Å². The lowest BCUT2D eigenvalue weighted by molar-refractivity contribution is -0.138. The first-order valence-corrected chi connectivity index (χ1v) is 11.4. The average Bonchev–Trinajstić information content (AvgIpc) is 3.04. The van der Waals surface area contributed by atoms with E-state index in [1.165, 1.54) is 4.90 Å². The Hall–Kier alpha value is -3.26. The molecule has 1 aromatic carbocycles. The number of aryl methyl sites for hydroxylation is 2. The highest BCUT2D eigenvalue weighted by atomic mass is 16.5. The molecule has 8 heteroatoms. The zero-order valence-corrected chi connectivity index (χ0v) is 19.7. The Morgan fingerprint density at radius 3 is 2.27 bits per heavy atom. The van der Waals surface area contributed by atoms with E-state index in [0.717, 1.165) is 16.7 Å². The van der Waals surface area contributed by atoms with E-state index in [1.807, 2.05) is 50.8 Å². The van der Waals surface area contributed by atoms with Crippen molar-refractivity contribution in [2.24, 2.45) is 0 Å². The molecule has 2 aliphatic rings. The number of aromatic nitrogens is 2. The van der Waals surface area contributed by atoms with Crippen LogP contribution in [0.15, 0.2) is 42.4 Å². The van der Waals surface area contributed by atoms with Crippen molar-refractivity contribution in [2.75, 3.05) is 44.2 Å². The lowest BCUT2D eigenvalue weighted by atomic mass is 9.97. The van der Waals surface area contributed by atoms with Gasteiger partial charge in [0.1, 0.15) is 5.70 Å². The van der Waals surface area contributed by atoms with Crippen LogP contribution in [0.25, 0.3) is 5.57 Å². The molecule has 0 aliphatic carbocycles. The summed E-state index contributed by atoms with van der Waals surface area (Å²) in [5.74, 6) is 0.192. The van der Waals surface area contributed by atoms with Crippen LogP contribution in [0.4, 0.5) is 5.95 Å². The minimum Gasteiger partial charge on any atom is -0.377 e. The van der Waals surface area contributed by atoms with Crippen LogP contribution in [0, 0.1) is 13.8 Å². The Bertz CT molecular complexity index is 1060. The molecule has 3 heterocycles. The fourth-order valence-corrected chi connectivity index (χ4v) is 4.36. The number of anilines is 1. The molecule has 0 unspecified atom stereocenters. The van der Waals surface area contributed by atoms with Crippen molar-refractivity contribution in [2.45, 2.75) is 33.8 Å². The zero-order chi connectivity index (χ0) is 23.5. The van der Waals surface area contributed by atoms with Gasteiger partial charge in [0.25, 0.3) is 11.8 Å². The molecular formula is C25H31N5O3. The number of rotatable bonds is 7. The minimum absolute atomic E-state index is 0.0392. The molecule has 2 amide bonds. The molecule has 0 radical (unpaired) electrons. The average molecular weight is 450 g/mol. The van der Waals surface area contributed by atoms with Crippen LogP contribution in [0.1, 0.15) is 30.5 Å². The summed E-state index contributed by atoms with van der Waals surface area (Å²) in [4.78, 5) is 41.2. The van der Waals surface area contributed by atoms with Gasteiger partial charge in [-0.05, 0) is 44.9 Å². The molecule has 0 N–H and O–H groups in total. The smallest absolute Gasteiger partial charge is 0.277 e. The van der Waals surface area contributed by atoms with Gasteiger partial charge in [-0.1, -0.05) is 23.8 Å². The molecular weight excluding hydrogens is 418 g/mol. The van der Waals surface area contributed by atoms with Crippen LogP contribution >= 0.6 is 0 Å². The van der Waals surface area contributed by atoms with Gasteiger partial charge in [-0.3, -0.25) is 14.5 Å². The summed E-state index contributed by atoms with van der Waals surface area (Å²) >= 11 is 0. The Labute approximate surface area is 194 Å². The normalized spacial score (nSPS) is 17.1. The number of piperazine rings is 1. The summed E-state index contributed by atoms with van der Waals surface area (Å²) < 4.78 is 5.63. The zero-order valence-electron chi connectivity index (χ0n) is 19.7. The molecule has 33 heavy (non-hydrogen) atoms. The first-order chi connectivity index (χ1) is 15.9. The molecule has 0 bridgehead atoms. The lowest BCUT2D eigenvalue weighted by Gasteiger charge is -2.36. The summed E-state index contributed by atoms with van der Waals surface area (Å²) in [5.41, 5.74) is 3.90. The molecule has 2 aliphatic heterocycles. The van der Waals surface area contributed by atoms with Gasteiger partial charge in [0, 0.05) is 38.6 Å². The molecule has 0 saturated carbocycles. The largest absolute Gasteiger partial charge is 0.377 e. The number of carbonyl (C=O) groups excluding carboxylic acids is 2. The Kier molecular flexibility index (Phi) is 6.74. The summed E-state index contributed by atoms with van der Waals surface area (Å²) in [6.45, 7) is 11.0. The van der Waals surface area contributed by atoms with Crippen LogP contribution in [0.2, 0.25) is 0 Å². The van der Waals surface area contributed by atoms with Crippen molar-refractivity contribution in [1.29, 1.82) is 0 Å². The van der Waals surface area contributed by atoms with Gasteiger partial charge < -0.3 is 14.5 Å². The van der Waals surface area contributed by atoms with Crippen molar-refractivity contribution in [3.63, 3.8) is 0 Å². The second kappa shape index (κ2) is 9.70. The van der Waals surface area contributed by atoms with Crippen molar-refractivity contribution in [3.05, 3.63) is 59.0 Å². The predicted molar refractivity (Wildman–Crippen MR) is 126 cm³/mol. The first-order valence-electron chi connectivity index (χ1n) is 11.4. The summed E-state index contributed by atoms with van der Waals surface area (Å²) in [6, 6.07) is 7.78. The van der Waals surface area contributed by atoms with Crippen molar-refractivity contribution in [1.82, 2.24) is 19.8 Å². The maximum Gasteiger partial charge on any atom is 0.277 e. The van der Waals surface area contributed by atoms with E-state index >= 15 is 0 Å². The molecule has 2 aromatic rings. The fourth-order valence-electron chi connectivity index (χ4n) is 4.36. The quantitative estimate of drug-likeness (QED) is 0.601. The summed E-state index contributed by atoms with van der Waals surface area (Å²) in [6.07, 6.45) is 3.50. The predicted octanol–water partition coefficient (Wildman–Crippen LogP) is 2.42. The monoisotopic (exact) mass is 449 g/mol. The number of imide groups is 1. The molecule has 174 valence electrons. The number of hydrogen-bond acceptors (Lipinski definition) is 7. The van der Waals surface area contributed by atoms with E-state index < -0.39 is 0 Å². The van der Waals surface area contributed by atoms with Crippen LogP contribution in [-0.2, 0) is 14.3 Å². The maximum atomic E-state index is 13.5. The highest BCUT2D eigenvalue weighted by Crippen LogP contribution is 2.34. The lowest BCUT2D eigenvalue weighted by Crippen LogP contribution is -2.48. The highest BCUT2D eigenvalue weighted by Gasteiger charge is 2.42. The van der Waals surface area contributed by atoms with Crippen LogP contribution in [0.3, 0.4) is 0 Å². The van der Waals surface area contributed by atoms with Crippen LogP contribution in [0.5, 0.6) is 0 Å². The van der Waals surface area contributed by atoms with Gasteiger partial charge in [0.15, 0.2) is 0 Å². The first kappa shape index (κ1) is 22.9. The van der Waals surface area contributed by atoms with E-state index in [2.05, 4.69) is 14.9 Å². The van der Waals surface area contributed by atoms with E-state index in [-0.39, 0.29) is 24.5 Å². The van der Waals surface area contributed by atoms with Crippen molar-refractivity contribution < 1.29 is 14.3 Å². The van der Waals surface area contributed by atoms with Crippen LogP contribution in [-0.4, -0.2) is 77.0 Å². The molecule has 1 fully saturated rings. The maximum absolute atomic E-state index is 13.5.